The molecule has 0 heterocycles. The zero-order valence-electron chi connectivity index (χ0n) is 10.4. The molecule has 0 aliphatic heterocycles. The van der Waals surface area contributed by atoms with Gasteiger partial charge in [0.25, 0.3) is 0 Å². The van der Waals surface area contributed by atoms with E-state index in [-0.39, 0.29) is 6.61 Å². The number of esters is 1. The highest BCUT2D eigenvalue weighted by atomic mass is 79.9. The molecule has 0 saturated heterocycles. The molecule has 1 N–H and O–H groups in total. The third-order valence-corrected chi connectivity index (χ3v) is 4.19. The van der Waals surface area contributed by atoms with Gasteiger partial charge in [0.15, 0.2) is 0 Å². The van der Waals surface area contributed by atoms with Gasteiger partial charge in [-0.05, 0) is 56.5 Å². The van der Waals surface area contributed by atoms with Crippen molar-refractivity contribution in [3.63, 3.8) is 0 Å². The summed E-state index contributed by atoms with van der Waals surface area (Å²) >= 11 is 6.50. The molecule has 0 aromatic heterocycles. The molecule has 1 aromatic rings. The summed E-state index contributed by atoms with van der Waals surface area (Å²) < 4.78 is 43.0. The second kappa shape index (κ2) is 7.42. The number of carbonyl (C=O) groups excluding carboxylic acids is 1. The van der Waals surface area contributed by atoms with Crippen molar-refractivity contribution < 1.29 is 22.7 Å². The molecular weight excluding hydrogens is 407 g/mol. The summed E-state index contributed by atoms with van der Waals surface area (Å²) in [5.41, 5.74) is 0.391. The van der Waals surface area contributed by atoms with Crippen LogP contribution in [0.15, 0.2) is 27.1 Å². The Balaban J connectivity index is 2.96. The maximum absolute atomic E-state index is 12.3. The Morgan fingerprint density at radius 3 is 2.50 bits per heavy atom. The predicted molar refractivity (Wildman–Crippen MR) is 75.3 cm³/mol. The van der Waals surface area contributed by atoms with Crippen molar-refractivity contribution in [1.82, 2.24) is 5.32 Å². The Kier molecular flexibility index (Phi) is 6.47. The highest BCUT2D eigenvalue weighted by molar-refractivity contribution is 9.13. The van der Waals surface area contributed by atoms with Crippen LogP contribution in [0.3, 0.4) is 0 Å². The lowest BCUT2D eigenvalue weighted by molar-refractivity contribution is -0.149. The first kappa shape index (κ1) is 17.5. The zero-order valence-corrected chi connectivity index (χ0v) is 13.6. The van der Waals surface area contributed by atoms with Crippen LogP contribution in [0.5, 0.6) is 0 Å². The Bertz CT molecular complexity index is 480. The van der Waals surface area contributed by atoms with E-state index < -0.39 is 24.7 Å². The van der Waals surface area contributed by atoms with Crippen molar-refractivity contribution in [1.29, 1.82) is 0 Å². The first-order valence-electron chi connectivity index (χ1n) is 5.66. The molecule has 0 amide bonds. The standard InChI is InChI=1S/C12H12Br2F3NO2/c1-2-20-11(19)10(18-6-12(15,16)17)7-3-4-8(13)9(14)5-7/h3-5,10,18H,2,6H2,1H3. The van der Waals surface area contributed by atoms with Gasteiger partial charge in [0, 0.05) is 8.95 Å². The molecule has 0 bridgehead atoms. The average Bonchev–Trinajstić information content (AvgIpc) is 2.32. The van der Waals surface area contributed by atoms with E-state index in [1.807, 2.05) is 0 Å². The van der Waals surface area contributed by atoms with Crippen LogP contribution in [0.1, 0.15) is 18.5 Å². The molecule has 1 aromatic carbocycles. The van der Waals surface area contributed by atoms with E-state index in [9.17, 15) is 18.0 Å². The second-order valence-corrected chi connectivity index (χ2v) is 5.56. The molecule has 0 saturated carbocycles. The van der Waals surface area contributed by atoms with Crippen molar-refractivity contribution in [2.45, 2.75) is 19.1 Å². The minimum absolute atomic E-state index is 0.0979. The Hall–Kier alpha value is -0.600. The normalized spacial score (nSPS) is 13.1. The summed E-state index contributed by atoms with van der Waals surface area (Å²) in [5, 5.41) is 2.17. The van der Waals surface area contributed by atoms with Crippen LogP contribution < -0.4 is 5.32 Å². The topological polar surface area (TPSA) is 38.3 Å². The lowest BCUT2D eigenvalue weighted by Crippen LogP contribution is -2.37. The van der Waals surface area contributed by atoms with Gasteiger partial charge in [-0.15, -0.1) is 0 Å². The fourth-order valence-corrected chi connectivity index (χ4v) is 2.12. The molecule has 1 atom stereocenters. The van der Waals surface area contributed by atoms with Gasteiger partial charge in [-0.25, -0.2) is 4.79 Å². The van der Waals surface area contributed by atoms with Crippen molar-refractivity contribution in [2.75, 3.05) is 13.2 Å². The van der Waals surface area contributed by atoms with Crippen molar-refractivity contribution >= 4 is 37.8 Å². The van der Waals surface area contributed by atoms with Crippen LogP contribution in [-0.2, 0) is 9.53 Å². The smallest absolute Gasteiger partial charge is 0.401 e. The first-order chi connectivity index (χ1) is 9.24. The van der Waals surface area contributed by atoms with Gasteiger partial charge >= 0.3 is 12.1 Å². The van der Waals surface area contributed by atoms with Crippen LogP contribution in [-0.4, -0.2) is 25.3 Å². The number of hydrogen-bond donors (Lipinski definition) is 1. The van der Waals surface area contributed by atoms with Gasteiger partial charge in [-0.1, -0.05) is 6.07 Å². The molecule has 0 fully saturated rings. The number of halogens is 5. The molecule has 0 aliphatic rings. The lowest BCUT2D eigenvalue weighted by Gasteiger charge is -2.19. The Morgan fingerprint density at radius 2 is 2.00 bits per heavy atom. The van der Waals surface area contributed by atoms with Gasteiger partial charge in [0.2, 0.25) is 0 Å². The Labute approximate surface area is 131 Å². The van der Waals surface area contributed by atoms with E-state index in [0.717, 1.165) is 4.47 Å². The number of ether oxygens (including phenoxy) is 1. The van der Waals surface area contributed by atoms with Crippen LogP contribution >= 0.6 is 31.9 Å². The molecule has 112 valence electrons. The average molecular weight is 419 g/mol. The van der Waals surface area contributed by atoms with Gasteiger partial charge in [-0.2, -0.15) is 13.2 Å². The van der Waals surface area contributed by atoms with Gasteiger partial charge in [0.05, 0.1) is 13.2 Å². The van der Waals surface area contributed by atoms with Gasteiger partial charge in [-0.3, -0.25) is 5.32 Å². The molecule has 3 nitrogen and oxygen atoms in total. The van der Waals surface area contributed by atoms with E-state index in [1.165, 1.54) is 0 Å². The van der Waals surface area contributed by atoms with E-state index in [4.69, 9.17) is 4.74 Å². The molecule has 8 heteroatoms. The minimum atomic E-state index is -4.41. The summed E-state index contributed by atoms with van der Waals surface area (Å²) in [4.78, 5) is 11.8. The fourth-order valence-electron chi connectivity index (χ4n) is 1.47. The number of alkyl halides is 3. The molecule has 0 radical (unpaired) electrons. The monoisotopic (exact) mass is 417 g/mol. The van der Waals surface area contributed by atoms with Crippen molar-refractivity contribution in [2.24, 2.45) is 0 Å². The van der Waals surface area contributed by atoms with Crippen LogP contribution in [0.4, 0.5) is 13.2 Å². The highest BCUT2D eigenvalue weighted by Crippen LogP contribution is 2.27. The molecular formula is C12H12Br2F3NO2. The van der Waals surface area contributed by atoms with Crippen LogP contribution in [0, 0.1) is 0 Å². The SMILES string of the molecule is CCOC(=O)C(NCC(F)(F)F)c1ccc(Br)c(Br)c1. The maximum Gasteiger partial charge on any atom is 0.401 e. The fraction of sp³-hybridized carbons (Fsp3) is 0.417. The van der Waals surface area contributed by atoms with Crippen LogP contribution in [0.2, 0.25) is 0 Å². The lowest BCUT2D eigenvalue weighted by atomic mass is 10.1. The number of nitrogens with one attached hydrogen (secondary N) is 1. The van der Waals surface area contributed by atoms with Crippen molar-refractivity contribution in [3.05, 3.63) is 32.7 Å². The van der Waals surface area contributed by atoms with E-state index in [0.29, 0.717) is 10.0 Å². The molecule has 20 heavy (non-hydrogen) atoms. The summed E-state index contributed by atoms with van der Waals surface area (Å²) in [5.74, 6) is -0.744. The van der Waals surface area contributed by atoms with E-state index >= 15 is 0 Å². The Morgan fingerprint density at radius 1 is 1.35 bits per heavy atom. The number of rotatable bonds is 5. The molecule has 1 unspecified atom stereocenters. The molecule has 1 rings (SSSR count). The van der Waals surface area contributed by atoms with E-state index in [1.54, 1.807) is 25.1 Å². The highest BCUT2D eigenvalue weighted by Gasteiger charge is 2.31. The van der Waals surface area contributed by atoms with E-state index in [2.05, 4.69) is 37.2 Å². The first-order valence-corrected chi connectivity index (χ1v) is 7.25. The van der Waals surface area contributed by atoms with Gasteiger partial charge in [0.1, 0.15) is 6.04 Å². The second-order valence-electron chi connectivity index (χ2n) is 3.85. The molecule has 0 spiro atoms. The summed E-state index contributed by atoms with van der Waals surface area (Å²) in [6.07, 6.45) is -4.41. The number of hydrogen-bond acceptors (Lipinski definition) is 3. The minimum Gasteiger partial charge on any atom is -0.465 e. The maximum atomic E-state index is 12.3. The number of benzene rings is 1. The summed E-state index contributed by atoms with van der Waals surface area (Å²) in [7, 11) is 0. The largest absolute Gasteiger partial charge is 0.465 e. The number of carbonyl (C=O) groups is 1. The molecule has 0 aliphatic carbocycles. The quantitative estimate of drug-likeness (QED) is 0.735. The summed E-state index contributed by atoms with van der Waals surface area (Å²) in [6.45, 7) is 0.418. The van der Waals surface area contributed by atoms with Crippen LogP contribution in [0.25, 0.3) is 0 Å². The third-order valence-electron chi connectivity index (χ3n) is 2.31. The zero-order chi connectivity index (χ0) is 15.3. The third kappa shape index (κ3) is 5.41. The van der Waals surface area contributed by atoms with Crippen molar-refractivity contribution in [3.8, 4) is 0 Å². The predicted octanol–water partition coefficient (Wildman–Crippen LogP) is 3.97. The van der Waals surface area contributed by atoms with Gasteiger partial charge < -0.3 is 4.74 Å². The summed E-state index contributed by atoms with van der Waals surface area (Å²) in [6, 6.07) is 3.59.